The van der Waals surface area contributed by atoms with Crippen LogP contribution < -0.4 is 0 Å². The highest BCUT2D eigenvalue weighted by Gasteiger charge is 2.29. The summed E-state index contributed by atoms with van der Waals surface area (Å²) in [6.07, 6.45) is 4.28. The summed E-state index contributed by atoms with van der Waals surface area (Å²) in [6, 6.07) is 16.5. The monoisotopic (exact) mass is 443 g/mol. The van der Waals surface area contributed by atoms with Crippen LogP contribution in [-0.2, 0) is 14.3 Å². The second-order valence-electron chi connectivity index (χ2n) is 8.59. The Hall–Kier alpha value is -3.31. The van der Waals surface area contributed by atoms with Gasteiger partial charge in [0.2, 0.25) is 0 Å². The summed E-state index contributed by atoms with van der Waals surface area (Å²) in [5.74, 6) is -0.500. The first-order valence-electron chi connectivity index (χ1n) is 11.5. The molecule has 5 nitrogen and oxygen atoms in total. The number of benzene rings is 2. The maximum absolute atomic E-state index is 12.1. The Labute approximate surface area is 194 Å². The van der Waals surface area contributed by atoms with Gasteiger partial charge in [-0.3, -0.25) is 14.6 Å². The third-order valence-corrected chi connectivity index (χ3v) is 5.83. The van der Waals surface area contributed by atoms with Crippen molar-refractivity contribution in [2.45, 2.75) is 51.6 Å². The third-order valence-electron chi connectivity index (χ3n) is 5.83. The van der Waals surface area contributed by atoms with Gasteiger partial charge in [0.1, 0.15) is 12.2 Å². The molecule has 1 fully saturated rings. The molecule has 3 aromatic rings. The number of pyridine rings is 1. The van der Waals surface area contributed by atoms with E-state index in [9.17, 15) is 14.7 Å². The van der Waals surface area contributed by atoms with E-state index in [-0.39, 0.29) is 25.2 Å². The molecule has 0 bridgehead atoms. The van der Waals surface area contributed by atoms with Gasteiger partial charge in [0.15, 0.2) is 0 Å². The number of carbonyl (C=O) groups is 2. The van der Waals surface area contributed by atoms with Crippen molar-refractivity contribution in [3.8, 4) is 11.1 Å². The normalized spacial score (nSPS) is 14.5. The van der Waals surface area contributed by atoms with Gasteiger partial charge in [0, 0.05) is 28.9 Å². The van der Waals surface area contributed by atoms with Crippen LogP contribution in [0.5, 0.6) is 0 Å². The number of rotatable bonds is 9. The van der Waals surface area contributed by atoms with Crippen molar-refractivity contribution in [3.63, 3.8) is 0 Å². The highest BCUT2D eigenvalue weighted by Crippen LogP contribution is 2.45. The number of fused-ring (bicyclic) bond motifs is 1. The number of esters is 1. The molecule has 5 heteroatoms. The topological polar surface area (TPSA) is 76.5 Å². The van der Waals surface area contributed by atoms with E-state index < -0.39 is 12.1 Å². The van der Waals surface area contributed by atoms with Crippen molar-refractivity contribution in [2.75, 3.05) is 6.61 Å². The number of aliphatic hydroxyl groups excluding tert-OH is 1. The smallest absolute Gasteiger partial charge is 0.313 e. The molecule has 0 saturated heterocycles. The number of nitrogens with zero attached hydrogens (tertiary/aromatic N) is 1. The number of hydrogen-bond donors (Lipinski definition) is 1. The molecule has 2 aromatic carbocycles. The fourth-order valence-electron chi connectivity index (χ4n) is 4.07. The van der Waals surface area contributed by atoms with Crippen molar-refractivity contribution in [2.24, 2.45) is 0 Å². The first-order valence-corrected chi connectivity index (χ1v) is 11.5. The van der Waals surface area contributed by atoms with Crippen LogP contribution in [0.3, 0.4) is 0 Å². The van der Waals surface area contributed by atoms with Crippen LogP contribution in [-0.4, -0.2) is 34.6 Å². The van der Waals surface area contributed by atoms with E-state index in [1.807, 2.05) is 24.3 Å². The number of hydrogen-bond acceptors (Lipinski definition) is 5. The molecule has 1 saturated carbocycles. The molecule has 1 aromatic heterocycles. The summed E-state index contributed by atoms with van der Waals surface area (Å²) < 4.78 is 4.82. The van der Waals surface area contributed by atoms with Crippen molar-refractivity contribution < 1.29 is 19.4 Å². The highest BCUT2D eigenvalue weighted by molar-refractivity contribution is 6.00. The van der Waals surface area contributed by atoms with Gasteiger partial charge in [-0.1, -0.05) is 60.2 Å². The lowest BCUT2D eigenvalue weighted by molar-refractivity contribution is -0.145. The Balaban J connectivity index is 1.71. The van der Waals surface area contributed by atoms with Crippen molar-refractivity contribution in [3.05, 3.63) is 71.4 Å². The Morgan fingerprint density at radius 3 is 2.58 bits per heavy atom. The van der Waals surface area contributed by atoms with Crippen molar-refractivity contribution >= 4 is 28.7 Å². The minimum atomic E-state index is -0.990. The summed E-state index contributed by atoms with van der Waals surface area (Å²) in [7, 11) is 0. The minimum absolute atomic E-state index is 0.130. The molecule has 0 radical (unpaired) electrons. The van der Waals surface area contributed by atoms with Crippen LogP contribution in [0.2, 0.25) is 0 Å². The summed E-state index contributed by atoms with van der Waals surface area (Å²) >= 11 is 0. The SMILES string of the molecule is CCOC(=O)CC(=O)C[C@H](O)/C=C/c1c(C2CC2)nc2ccccc2c1-c1ccc(C)cc1. The van der Waals surface area contributed by atoms with Crippen LogP contribution in [0.1, 0.15) is 55.3 Å². The Morgan fingerprint density at radius 1 is 1.15 bits per heavy atom. The molecular weight excluding hydrogens is 414 g/mol. The maximum atomic E-state index is 12.1. The zero-order chi connectivity index (χ0) is 23.4. The largest absolute Gasteiger partial charge is 0.466 e. The molecule has 0 spiro atoms. The van der Waals surface area contributed by atoms with E-state index in [4.69, 9.17) is 9.72 Å². The first-order chi connectivity index (χ1) is 16.0. The molecule has 0 unspecified atom stereocenters. The lowest BCUT2D eigenvalue weighted by Crippen LogP contribution is -2.16. The molecule has 33 heavy (non-hydrogen) atoms. The van der Waals surface area contributed by atoms with Crippen LogP contribution in [0.15, 0.2) is 54.6 Å². The average molecular weight is 444 g/mol. The lowest BCUT2D eigenvalue weighted by atomic mass is 9.91. The first kappa shape index (κ1) is 22.9. The second-order valence-corrected chi connectivity index (χ2v) is 8.59. The summed E-state index contributed by atoms with van der Waals surface area (Å²) in [5.41, 5.74) is 6.34. The summed E-state index contributed by atoms with van der Waals surface area (Å²) in [4.78, 5) is 28.6. The van der Waals surface area contributed by atoms with Gasteiger partial charge >= 0.3 is 5.97 Å². The third kappa shape index (κ3) is 5.55. The standard InChI is InChI=1S/C28H29NO4/c1-3-33-26(32)17-22(31)16-21(30)14-15-24-27(19-10-8-18(2)9-11-19)23-6-4-5-7-25(23)29-28(24)20-12-13-20/h4-11,14-15,20-21,30H,3,12-13,16-17H2,1-2H3/b15-14+/t21-/m1/s1. The van der Waals surface area contributed by atoms with E-state index in [0.717, 1.165) is 46.1 Å². The Morgan fingerprint density at radius 2 is 1.88 bits per heavy atom. The zero-order valence-corrected chi connectivity index (χ0v) is 19.1. The fraction of sp³-hybridized carbons (Fsp3) is 0.321. The van der Waals surface area contributed by atoms with E-state index in [0.29, 0.717) is 5.92 Å². The highest BCUT2D eigenvalue weighted by atomic mass is 16.5. The summed E-state index contributed by atoms with van der Waals surface area (Å²) in [5, 5.41) is 11.6. The van der Waals surface area contributed by atoms with E-state index >= 15 is 0 Å². The molecule has 170 valence electrons. The number of aliphatic hydroxyl groups is 1. The number of ether oxygens (including phenoxy) is 1. The fourth-order valence-corrected chi connectivity index (χ4v) is 4.07. The second kappa shape index (κ2) is 10.1. The molecular formula is C28H29NO4. The van der Waals surface area contributed by atoms with Gasteiger partial charge in [-0.25, -0.2) is 0 Å². The minimum Gasteiger partial charge on any atom is -0.466 e. The van der Waals surface area contributed by atoms with Gasteiger partial charge < -0.3 is 9.84 Å². The average Bonchev–Trinajstić information content (AvgIpc) is 3.63. The summed E-state index contributed by atoms with van der Waals surface area (Å²) in [6.45, 7) is 3.99. The van der Waals surface area contributed by atoms with Crippen molar-refractivity contribution in [1.29, 1.82) is 0 Å². The lowest BCUT2D eigenvalue weighted by Gasteiger charge is -2.16. The van der Waals surface area contributed by atoms with Crippen LogP contribution >= 0.6 is 0 Å². The maximum Gasteiger partial charge on any atom is 0.313 e. The molecule has 0 aliphatic heterocycles. The number of carbonyl (C=O) groups excluding carboxylic acids is 2. The Bertz CT molecular complexity index is 1190. The number of para-hydroxylation sites is 1. The molecule has 0 amide bonds. The van der Waals surface area contributed by atoms with Crippen molar-refractivity contribution in [1.82, 2.24) is 4.98 Å². The molecule has 1 aliphatic carbocycles. The van der Waals surface area contributed by atoms with Gasteiger partial charge in [0.05, 0.1) is 23.9 Å². The van der Waals surface area contributed by atoms with E-state index in [1.54, 1.807) is 13.0 Å². The molecule has 1 atom stereocenters. The number of aromatic nitrogens is 1. The quantitative estimate of drug-likeness (QED) is 0.355. The van der Waals surface area contributed by atoms with Crippen LogP contribution in [0.4, 0.5) is 0 Å². The molecule has 1 heterocycles. The molecule has 1 aliphatic rings. The molecule has 4 rings (SSSR count). The van der Waals surface area contributed by atoms with Crippen LogP contribution in [0, 0.1) is 6.92 Å². The number of Topliss-reactive ketones (excluding diaryl/α,β-unsaturated/α-hetero) is 1. The zero-order valence-electron chi connectivity index (χ0n) is 19.1. The Kier molecular flexibility index (Phi) is 6.99. The number of aryl methyl sites for hydroxylation is 1. The van der Waals surface area contributed by atoms with E-state index in [1.165, 1.54) is 5.56 Å². The van der Waals surface area contributed by atoms with Gasteiger partial charge in [-0.2, -0.15) is 0 Å². The molecule has 1 N–H and O–H groups in total. The predicted octanol–water partition coefficient (Wildman–Crippen LogP) is 5.37. The van der Waals surface area contributed by atoms with E-state index in [2.05, 4.69) is 37.3 Å². The predicted molar refractivity (Wildman–Crippen MR) is 130 cm³/mol. The van der Waals surface area contributed by atoms with Gasteiger partial charge in [-0.15, -0.1) is 0 Å². The van der Waals surface area contributed by atoms with Crippen LogP contribution in [0.25, 0.3) is 28.1 Å². The number of ketones is 1. The van der Waals surface area contributed by atoms with Gasteiger partial charge in [0.25, 0.3) is 0 Å². The van der Waals surface area contributed by atoms with Gasteiger partial charge in [-0.05, 0) is 38.3 Å².